The maximum atomic E-state index is 12.8. The second kappa shape index (κ2) is 8.92. The van der Waals surface area contributed by atoms with E-state index in [-0.39, 0.29) is 23.5 Å². The summed E-state index contributed by atoms with van der Waals surface area (Å²) in [4.78, 5) is 49.8. The molecule has 0 bridgehead atoms. The number of carbonyl (C=O) groups is 2. The predicted molar refractivity (Wildman–Crippen MR) is 111 cm³/mol. The number of amides is 2. The first-order chi connectivity index (χ1) is 15.7. The van der Waals surface area contributed by atoms with Crippen LogP contribution in [0.1, 0.15) is 18.4 Å². The SMILES string of the molecule is O=C(Nc1cnc2[nH]c(=O)oc2c1)C(=O)N1CCCCN(c2ccc(C(F)(F)F)cn2)CC1. The quantitative estimate of drug-likeness (QED) is 0.556. The molecule has 0 unspecified atom stereocenters. The maximum absolute atomic E-state index is 12.8. The number of nitrogens with zero attached hydrogens (tertiary/aromatic N) is 4. The molecule has 0 spiro atoms. The van der Waals surface area contributed by atoms with Crippen LogP contribution < -0.4 is 16.0 Å². The summed E-state index contributed by atoms with van der Waals surface area (Å²) >= 11 is 0. The standard InChI is InChI=1S/C20H19F3N6O4/c21-20(22,23)12-3-4-15(24-10-12)28-5-1-2-6-29(8-7-28)18(31)17(30)26-13-9-14-16(25-11-13)27-19(32)33-14/h3-4,9-11H,1-2,5-8H2,(H,26,30)(H,25,27,32). The zero-order valence-corrected chi connectivity index (χ0v) is 17.2. The predicted octanol–water partition coefficient (Wildman–Crippen LogP) is 2.00. The van der Waals surface area contributed by atoms with Gasteiger partial charge >= 0.3 is 23.7 Å². The van der Waals surface area contributed by atoms with Gasteiger partial charge in [-0.1, -0.05) is 0 Å². The summed E-state index contributed by atoms with van der Waals surface area (Å²) in [6.07, 6.45) is -1.13. The first-order valence-electron chi connectivity index (χ1n) is 10.1. The molecule has 1 aliphatic rings. The van der Waals surface area contributed by atoms with Crippen molar-refractivity contribution in [1.82, 2.24) is 19.9 Å². The van der Waals surface area contributed by atoms with Crippen LogP contribution in [0.4, 0.5) is 24.7 Å². The lowest BCUT2D eigenvalue weighted by Crippen LogP contribution is -2.46. The summed E-state index contributed by atoms with van der Waals surface area (Å²) in [7, 11) is 0. The molecule has 3 aromatic rings. The molecular weight excluding hydrogens is 445 g/mol. The molecule has 0 saturated carbocycles. The first kappa shape index (κ1) is 22.3. The van der Waals surface area contributed by atoms with E-state index in [0.29, 0.717) is 38.3 Å². The number of alkyl halides is 3. The molecule has 33 heavy (non-hydrogen) atoms. The van der Waals surface area contributed by atoms with Gasteiger partial charge in [0.2, 0.25) is 0 Å². The van der Waals surface area contributed by atoms with E-state index in [1.165, 1.54) is 23.2 Å². The topological polar surface area (TPSA) is 124 Å². The molecule has 4 rings (SSSR count). The number of hydrogen-bond donors (Lipinski definition) is 2. The molecule has 0 atom stereocenters. The van der Waals surface area contributed by atoms with E-state index in [0.717, 1.165) is 12.3 Å². The van der Waals surface area contributed by atoms with E-state index in [4.69, 9.17) is 4.42 Å². The third-order valence-electron chi connectivity index (χ3n) is 5.16. The highest BCUT2D eigenvalue weighted by Crippen LogP contribution is 2.29. The third-order valence-corrected chi connectivity index (χ3v) is 5.16. The van der Waals surface area contributed by atoms with Crippen LogP contribution in [0, 0.1) is 0 Å². The smallest absolute Gasteiger partial charge is 0.406 e. The second-order valence-electron chi connectivity index (χ2n) is 7.43. The zero-order valence-electron chi connectivity index (χ0n) is 17.2. The Balaban J connectivity index is 1.40. The Labute approximate surface area is 184 Å². The van der Waals surface area contributed by atoms with Crippen molar-refractivity contribution in [2.24, 2.45) is 0 Å². The molecule has 0 aliphatic carbocycles. The summed E-state index contributed by atoms with van der Waals surface area (Å²) in [5.41, 5.74) is -0.300. The van der Waals surface area contributed by atoms with Gasteiger partial charge in [-0.3, -0.25) is 14.6 Å². The molecule has 1 saturated heterocycles. The number of H-pyrrole nitrogens is 1. The number of halogens is 3. The van der Waals surface area contributed by atoms with Gasteiger partial charge in [-0.15, -0.1) is 0 Å². The van der Waals surface area contributed by atoms with Gasteiger partial charge in [-0.25, -0.2) is 14.8 Å². The minimum absolute atomic E-state index is 0.135. The summed E-state index contributed by atoms with van der Waals surface area (Å²) in [5.74, 6) is -1.96. The number of aromatic amines is 1. The van der Waals surface area contributed by atoms with Gasteiger partial charge in [0.05, 0.1) is 17.4 Å². The summed E-state index contributed by atoms with van der Waals surface area (Å²) in [6, 6.07) is 3.64. The fourth-order valence-corrected chi connectivity index (χ4v) is 3.48. The van der Waals surface area contributed by atoms with Crippen molar-refractivity contribution in [3.8, 4) is 0 Å². The van der Waals surface area contributed by atoms with Crippen LogP contribution in [-0.4, -0.2) is 57.8 Å². The van der Waals surface area contributed by atoms with Gasteiger partial charge in [0.15, 0.2) is 11.2 Å². The second-order valence-corrected chi connectivity index (χ2v) is 7.43. The van der Waals surface area contributed by atoms with Gasteiger partial charge in [-0.2, -0.15) is 13.2 Å². The van der Waals surface area contributed by atoms with Gasteiger partial charge in [-0.05, 0) is 25.0 Å². The minimum atomic E-state index is -4.47. The number of rotatable bonds is 2. The van der Waals surface area contributed by atoms with Crippen molar-refractivity contribution in [3.05, 3.63) is 46.7 Å². The van der Waals surface area contributed by atoms with Crippen molar-refractivity contribution in [2.75, 3.05) is 36.4 Å². The highest BCUT2D eigenvalue weighted by Gasteiger charge is 2.31. The number of pyridine rings is 2. The van der Waals surface area contributed by atoms with Crippen molar-refractivity contribution >= 4 is 34.5 Å². The number of anilines is 2. The van der Waals surface area contributed by atoms with Crippen LogP contribution in [-0.2, 0) is 15.8 Å². The number of carbonyl (C=O) groups excluding carboxylic acids is 2. The first-order valence-corrected chi connectivity index (χ1v) is 10.1. The molecule has 2 amide bonds. The molecule has 0 aromatic carbocycles. The Morgan fingerprint density at radius 1 is 1.06 bits per heavy atom. The highest BCUT2D eigenvalue weighted by molar-refractivity contribution is 6.39. The van der Waals surface area contributed by atoms with Gasteiger partial charge in [0.25, 0.3) is 0 Å². The Morgan fingerprint density at radius 2 is 1.85 bits per heavy atom. The monoisotopic (exact) mass is 464 g/mol. The molecular formula is C20H19F3N6O4. The molecule has 13 heteroatoms. The third kappa shape index (κ3) is 5.13. The van der Waals surface area contributed by atoms with E-state index < -0.39 is 29.3 Å². The Hall–Kier alpha value is -3.90. The van der Waals surface area contributed by atoms with Crippen LogP contribution in [0.25, 0.3) is 11.2 Å². The number of nitrogens with one attached hydrogen (secondary N) is 2. The van der Waals surface area contributed by atoms with Crippen LogP contribution >= 0.6 is 0 Å². The molecule has 1 fully saturated rings. The average Bonchev–Trinajstić information content (AvgIpc) is 3.12. The maximum Gasteiger partial charge on any atom is 0.418 e. The normalized spacial score (nSPS) is 15.2. The van der Waals surface area contributed by atoms with Gasteiger partial charge in [0, 0.05) is 38.4 Å². The lowest BCUT2D eigenvalue weighted by atomic mass is 10.2. The van der Waals surface area contributed by atoms with E-state index in [1.807, 2.05) is 0 Å². The van der Waals surface area contributed by atoms with E-state index in [2.05, 4.69) is 20.3 Å². The fourth-order valence-electron chi connectivity index (χ4n) is 3.48. The Morgan fingerprint density at radius 3 is 2.58 bits per heavy atom. The lowest BCUT2D eigenvalue weighted by molar-refractivity contribution is -0.143. The zero-order chi connectivity index (χ0) is 23.6. The van der Waals surface area contributed by atoms with Crippen LogP contribution in [0.15, 0.2) is 39.8 Å². The molecule has 0 radical (unpaired) electrons. The lowest BCUT2D eigenvalue weighted by Gasteiger charge is -2.31. The average molecular weight is 464 g/mol. The number of hydrogen-bond acceptors (Lipinski definition) is 7. The van der Waals surface area contributed by atoms with E-state index in [9.17, 15) is 27.6 Å². The van der Waals surface area contributed by atoms with E-state index >= 15 is 0 Å². The van der Waals surface area contributed by atoms with Crippen LogP contribution in [0.3, 0.4) is 0 Å². The Bertz CT molecular complexity index is 1220. The Kier molecular flexibility index (Phi) is 6.03. The van der Waals surface area contributed by atoms with E-state index in [1.54, 1.807) is 4.90 Å². The van der Waals surface area contributed by atoms with Crippen molar-refractivity contribution in [2.45, 2.75) is 19.0 Å². The molecule has 4 heterocycles. The number of oxazole rings is 1. The fraction of sp³-hybridized carbons (Fsp3) is 0.350. The van der Waals surface area contributed by atoms with Crippen molar-refractivity contribution in [3.63, 3.8) is 0 Å². The highest BCUT2D eigenvalue weighted by atomic mass is 19.4. The number of aromatic nitrogens is 3. The van der Waals surface area contributed by atoms with Crippen molar-refractivity contribution in [1.29, 1.82) is 0 Å². The molecule has 3 aromatic heterocycles. The number of fused-ring (bicyclic) bond motifs is 1. The molecule has 174 valence electrons. The van der Waals surface area contributed by atoms with Gasteiger partial charge < -0.3 is 19.5 Å². The van der Waals surface area contributed by atoms with Crippen molar-refractivity contribution < 1.29 is 27.2 Å². The van der Waals surface area contributed by atoms with Gasteiger partial charge in [0.1, 0.15) is 5.82 Å². The largest absolute Gasteiger partial charge is 0.418 e. The summed E-state index contributed by atoms with van der Waals surface area (Å²) in [5, 5.41) is 2.44. The molecule has 10 nitrogen and oxygen atoms in total. The molecule has 2 N–H and O–H groups in total. The minimum Gasteiger partial charge on any atom is -0.406 e. The van der Waals surface area contributed by atoms with Crippen LogP contribution in [0.2, 0.25) is 0 Å². The molecule has 1 aliphatic heterocycles. The van der Waals surface area contributed by atoms with Crippen LogP contribution in [0.5, 0.6) is 0 Å². The summed E-state index contributed by atoms with van der Waals surface area (Å²) < 4.78 is 43.2. The summed E-state index contributed by atoms with van der Waals surface area (Å²) in [6.45, 7) is 1.43.